The van der Waals surface area contributed by atoms with Gasteiger partial charge in [0.1, 0.15) is 0 Å². The van der Waals surface area contributed by atoms with E-state index in [4.69, 9.17) is 10.00 Å². The summed E-state index contributed by atoms with van der Waals surface area (Å²) >= 11 is 1.24. The molecule has 2 rings (SSSR count). The molecule has 2 aromatic rings. The summed E-state index contributed by atoms with van der Waals surface area (Å²) in [5.74, 6) is 0.241. The van der Waals surface area contributed by atoms with Gasteiger partial charge in [0, 0.05) is 17.0 Å². The first-order chi connectivity index (χ1) is 11.6. The third-order valence-electron chi connectivity index (χ3n) is 2.76. The number of ether oxygens (including phenoxy) is 1. The molecule has 0 saturated heterocycles. The zero-order valence-electron chi connectivity index (χ0n) is 13.2. The van der Waals surface area contributed by atoms with Crippen molar-refractivity contribution in [3.8, 4) is 12.0 Å². The number of amides is 1. The molecule has 0 aliphatic carbocycles. The van der Waals surface area contributed by atoms with E-state index >= 15 is 0 Å². The number of aryl methyl sites for hydroxylation is 2. The van der Waals surface area contributed by atoms with Crippen molar-refractivity contribution in [1.29, 1.82) is 5.26 Å². The molecule has 0 unspecified atom stereocenters. The molecule has 0 aliphatic rings. The Kier molecular flexibility index (Phi) is 6.28. The molecular weight excluding hydrogens is 326 g/mol. The van der Waals surface area contributed by atoms with Gasteiger partial charge in [-0.3, -0.25) is 4.79 Å². The summed E-state index contributed by atoms with van der Waals surface area (Å²) in [6, 6.07) is 8.75. The summed E-state index contributed by atoms with van der Waals surface area (Å²) in [5.41, 5.74) is 4.72. The van der Waals surface area contributed by atoms with Crippen LogP contribution in [0, 0.1) is 25.4 Å². The maximum Gasteiger partial charge on any atom is 0.292 e. The number of benzene rings is 1. The second-order valence-corrected chi connectivity index (χ2v) is 5.69. The highest BCUT2D eigenvalue weighted by atomic mass is 32.2. The molecule has 0 atom stereocenters. The van der Waals surface area contributed by atoms with Crippen LogP contribution in [0.4, 0.5) is 0 Å². The predicted octanol–water partition coefficient (Wildman–Crippen LogP) is 2.20. The molecule has 0 aliphatic heterocycles. The van der Waals surface area contributed by atoms with Gasteiger partial charge in [0.2, 0.25) is 0 Å². The zero-order chi connectivity index (χ0) is 17.4. The van der Waals surface area contributed by atoms with E-state index in [1.165, 1.54) is 18.0 Å². The molecule has 1 aromatic carbocycles. The first-order valence-electron chi connectivity index (χ1n) is 7.00. The van der Waals surface area contributed by atoms with E-state index in [9.17, 15) is 4.79 Å². The molecule has 1 heterocycles. The van der Waals surface area contributed by atoms with E-state index in [-0.39, 0.29) is 11.7 Å². The van der Waals surface area contributed by atoms with Crippen LogP contribution in [0.3, 0.4) is 0 Å². The van der Waals surface area contributed by atoms with Gasteiger partial charge in [0.15, 0.2) is 10.9 Å². The van der Waals surface area contributed by atoms with E-state index in [0.717, 1.165) is 11.4 Å². The van der Waals surface area contributed by atoms with Gasteiger partial charge in [0.25, 0.3) is 12.2 Å². The molecule has 8 heteroatoms. The molecule has 0 fully saturated rings. The van der Waals surface area contributed by atoms with Gasteiger partial charge in [-0.2, -0.15) is 5.10 Å². The normalized spacial score (nSPS) is 10.4. The average molecular weight is 341 g/mol. The summed E-state index contributed by atoms with van der Waals surface area (Å²) in [6.07, 6.45) is 3.02. The number of nitriles is 1. The molecule has 0 saturated carbocycles. The number of hydrogen-bond donors (Lipinski definition) is 1. The number of thioether (sulfide) groups is 1. The Balaban J connectivity index is 1.88. The Hall–Kier alpha value is -2.92. The number of nitrogens with zero attached hydrogens (tertiary/aromatic N) is 4. The van der Waals surface area contributed by atoms with Crippen LogP contribution in [-0.2, 0) is 4.79 Å². The minimum Gasteiger partial charge on any atom is -0.387 e. The maximum absolute atomic E-state index is 11.8. The number of carbonyl (C=O) groups is 1. The van der Waals surface area contributed by atoms with Gasteiger partial charge in [-0.1, -0.05) is 23.9 Å². The number of rotatable bonds is 6. The molecule has 1 amide bonds. The van der Waals surface area contributed by atoms with Gasteiger partial charge in [0.05, 0.1) is 12.0 Å². The summed E-state index contributed by atoms with van der Waals surface area (Å²) in [5, 5.41) is 13.0. The minimum atomic E-state index is -0.280. The summed E-state index contributed by atoms with van der Waals surface area (Å²) in [7, 11) is 0. The molecule has 7 nitrogen and oxygen atoms in total. The number of para-hydroxylation sites is 1. The lowest BCUT2D eigenvalue weighted by Gasteiger charge is -2.03. The number of nitrogens with one attached hydrogen (secondary N) is 1. The van der Waals surface area contributed by atoms with E-state index in [1.54, 1.807) is 30.5 Å². The van der Waals surface area contributed by atoms with Gasteiger partial charge in [-0.15, -0.1) is 5.26 Å². The number of carbonyl (C=O) groups excluding carboxylic acids is 1. The summed E-state index contributed by atoms with van der Waals surface area (Å²) in [6.45, 7) is 3.76. The summed E-state index contributed by atoms with van der Waals surface area (Å²) in [4.78, 5) is 20.3. The number of aromatic nitrogens is 2. The molecule has 0 radical (unpaired) electrons. The van der Waals surface area contributed by atoms with Crippen LogP contribution in [0.1, 0.15) is 17.0 Å². The maximum atomic E-state index is 11.8. The Labute approximate surface area is 143 Å². The van der Waals surface area contributed by atoms with Crippen LogP contribution in [0.5, 0.6) is 5.75 Å². The number of hydrazone groups is 1. The van der Waals surface area contributed by atoms with Crippen LogP contribution < -0.4 is 10.2 Å². The smallest absolute Gasteiger partial charge is 0.292 e. The Morgan fingerprint density at radius 2 is 2.08 bits per heavy atom. The van der Waals surface area contributed by atoms with Crippen molar-refractivity contribution < 1.29 is 9.53 Å². The molecule has 1 aromatic heterocycles. The van der Waals surface area contributed by atoms with Gasteiger partial charge in [-0.05, 0) is 32.0 Å². The van der Waals surface area contributed by atoms with Crippen molar-refractivity contribution in [2.45, 2.75) is 19.0 Å². The molecule has 122 valence electrons. The second-order valence-electron chi connectivity index (χ2n) is 4.75. The average Bonchev–Trinajstić information content (AvgIpc) is 2.54. The highest BCUT2D eigenvalue weighted by Gasteiger charge is 2.05. The van der Waals surface area contributed by atoms with Crippen LogP contribution >= 0.6 is 11.8 Å². The minimum absolute atomic E-state index is 0.149. The monoisotopic (exact) mass is 341 g/mol. The third kappa shape index (κ3) is 5.37. The quantitative estimate of drug-likeness (QED) is 0.284. The Morgan fingerprint density at radius 3 is 2.79 bits per heavy atom. The van der Waals surface area contributed by atoms with Gasteiger partial charge < -0.3 is 4.74 Å². The highest BCUT2D eigenvalue weighted by Crippen LogP contribution is 2.15. The Bertz CT molecular complexity index is 781. The first kappa shape index (κ1) is 17.4. The standard InChI is InChI=1S/C16H15N5O2S/c1-11-7-12(2)20-16(19-11)24-9-15(22)21-18-8-13-5-3-4-6-14(13)23-10-17/h3-8H,9H2,1-2H3,(H,21,22). The fraction of sp³-hybridized carbons (Fsp3) is 0.188. The lowest BCUT2D eigenvalue weighted by molar-refractivity contribution is -0.118. The van der Waals surface area contributed by atoms with Crippen molar-refractivity contribution in [1.82, 2.24) is 15.4 Å². The fourth-order valence-electron chi connectivity index (χ4n) is 1.82. The van der Waals surface area contributed by atoms with Gasteiger partial charge in [-0.25, -0.2) is 15.4 Å². The first-order valence-corrected chi connectivity index (χ1v) is 7.99. The third-order valence-corrected chi connectivity index (χ3v) is 3.61. The van der Waals surface area contributed by atoms with Crippen LogP contribution in [-0.4, -0.2) is 27.8 Å². The van der Waals surface area contributed by atoms with Crippen molar-refractivity contribution in [2.24, 2.45) is 5.10 Å². The van der Waals surface area contributed by atoms with E-state index in [2.05, 4.69) is 20.5 Å². The van der Waals surface area contributed by atoms with Gasteiger partial charge >= 0.3 is 0 Å². The number of hydrogen-bond acceptors (Lipinski definition) is 7. The zero-order valence-corrected chi connectivity index (χ0v) is 14.0. The van der Waals surface area contributed by atoms with E-state index < -0.39 is 0 Å². The van der Waals surface area contributed by atoms with Crippen LogP contribution in [0.25, 0.3) is 0 Å². The van der Waals surface area contributed by atoms with Crippen LogP contribution in [0.15, 0.2) is 40.6 Å². The molecule has 24 heavy (non-hydrogen) atoms. The predicted molar refractivity (Wildman–Crippen MR) is 90.6 cm³/mol. The lowest BCUT2D eigenvalue weighted by atomic mass is 10.2. The second kappa shape index (κ2) is 8.64. The highest BCUT2D eigenvalue weighted by molar-refractivity contribution is 7.99. The fourth-order valence-corrected chi connectivity index (χ4v) is 2.57. The molecule has 0 spiro atoms. The molecular formula is C16H15N5O2S. The summed E-state index contributed by atoms with van der Waals surface area (Å²) < 4.78 is 4.80. The largest absolute Gasteiger partial charge is 0.387 e. The van der Waals surface area contributed by atoms with E-state index in [1.807, 2.05) is 19.9 Å². The SMILES string of the molecule is Cc1cc(C)nc(SCC(=O)NN=Cc2ccccc2OC#N)n1. The lowest BCUT2D eigenvalue weighted by Crippen LogP contribution is -2.19. The van der Waals surface area contributed by atoms with Crippen molar-refractivity contribution in [2.75, 3.05) is 5.75 Å². The molecule has 0 bridgehead atoms. The van der Waals surface area contributed by atoms with Crippen molar-refractivity contribution >= 4 is 23.9 Å². The topological polar surface area (TPSA) is 100 Å². The molecule has 1 N–H and O–H groups in total. The Morgan fingerprint density at radius 1 is 1.38 bits per heavy atom. The van der Waals surface area contributed by atoms with Crippen molar-refractivity contribution in [3.05, 3.63) is 47.3 Å². The van der Waals surface area contributed by atoms with Crippen molar-refractivity contribution in [3.63, 3.8) is 0 Å². The van der Waals surface area contributed by atoms with E-state index in [0.29, 0.717) is 16.5 Å². The van der Waals surface area contributed by atoms with Crippen LogP contribution in [0.2, 0.25) is 0 Å².